The molecule has 6 nitrogen and oxygen atoms in total. The molecule has 1 amide bonds. The third kappa shape index (κ3) is 11.9. The Hall–Kier alpha value is 1.71. The molecule has 0 aliphatic heterocycles. The molecule has 0 unspecified atom stereocenters. The van der Waals surface area contributed by atoms with Crippen LogP contribution in [0.2, 0.25) is 10.0 Å². The fraction of sp³-hybridized carbons (Fsp3) is 0.235. The summed E-state index contributed by atoms with van der Waals surface area (Å²) in [4.78, 5) is 28.8. The van der Waals surface area contributed by atoms with Gasteiger partial charge in [0.15, 0.2) is 0 Å². The molecule has 144 valence electrons. The summed E-state index contributed by atoms with van der Waals surface area (Å²) >= 11 is 11.8. The summed E-state index contributed by atoms with van der Waals surface area (Å²) in [6.45, 7) is 0.330. The van der Waals surface area contributed by atoms with Crippen molar-refractivity contribution < 1.29 is 23.9 Å². The minimum atomic E-state index is -4.32. The van der Waals surface area contributed by atoms with Crippen LogP contribution < -0.4 is 10.1 Å². The van der Waals surface area contributed by atoms with Gasteiger partial charge in [-0.2, -0.15) is 0 Å². The molecule has 0 saturated heterocycles. The molecule has 2 rings (SSSR count). The Bertz CT molecular complexity index is 835. The fourth-order valence-corrected chi connectivity index (χ4v) is 2.98. The van der Waals surface area contributed by atoms with Gasteiger partial charge in [0.1, 0.15) is 17.7 Å². The van der Waals surface area contributed by atoms with Crippen LogP contribution in [0, 0.1) is 0 Å². The fourth-order valence-electron chi connectivity index (χ4n) is 2.20. The topological polar surface area (TPSA) is 95.9 Å². The number of ether oxygens (including phenoxy) is 1. The number of nitrogens with one attached hydrogen (secondary N) is 1. The zero-order valence-corrected chi connectivity index (χ0v) is 16.1. The minimum absolute atomic E-state index is 0. The van der Waals surface area contributed by atoms with Crippen LogP contribution in [0.15, 0.2) is 42.5 Å². The van der Waals surface area contributed by atoms with Gasteiger partial charge in [0.05, 0.1) is 10.0 Å². The molecule has 0 bridgehead atoms. The molecule has 0 heterocycles. The van der Waals surface area contributed by atoms with Crippen molar-refractivity contribution in [1.29, 1.82) is 0 Å². The number of hydrogen-bond acceptors (Lipinski definition) is 3. The second-order valence-corrected chi connectivity index (χ2v) is 8.06. The van der Waals surface area contributed by atoms with Gasteiger partial charge in [-0.25, -0.2) is 0 Å². The van der Waals surface area contributed by atoms with E-state index in [0.29, 0.717) is 40.9 Å². The first kappa shape index (κ1) is 29.7. The van der Waals surface area contributed by atoms with Crippen molar-refractivity contribution >= 4 is 139 Å². The first-order chi connectivity index (χ1) is 12.2. The molecule has 0 spiro atoms. The van der Waals surface area contributed by atoms with E-state index in [2.05, 4.69) is 5.32 Å². The molecule has 0 saturated carbocycles. The molecular formula is C17H20Cl2K2NO5P. The number of hydrogen-bond donors (Lipinski definition) is 3. The van der Waals surface area contributed by atoms with E-state index in [0.717, 1.165) is 5.56 Å². The van der Waals surface area contributed by atoms with Crippen LogP contribution in [-0.2, 0) is 15.8 Å². The van der Waals surface area contributed by atoms with Crippen LogP contribution in [0.4, 0.5) is 0 Å². The summed E-state index contributed by atoms with van der Waals surface area (Å²) in [5.41, 5.74) is 1.01. The molecule has 0 fully saturated rings. The first-order valence-corrected chi connectivity index (χ1v) is 10.3. The Morgan fingerprint density at radius 2 is 1.71 bits per heavy atom. The Balaban J connectivity index is 0.00000364. The van der Waals surface area contributed by atoms with E-state index in [1.807, 2.05) is 24.3 Å². The SMILES string of the molecule is O=C(CP(=O)(O)O)NCCCc1cccc(Oc2ccc(Cl)c(Cl)c2)c1.[KH].[KH]. The van der Waals surface area contributed by atoms with Crippen LogP contribution in [-0.4, -0.2) is 131 Å². The van der Waals surface area contributed by atoms with Gasteiger partial charge in [0, 0.05) is 12.6 Å². The van der Waals surface area contributed by atoms with E-state index in [4.69, 9.17) is 37.7 Å². The molecule has 2 aromatic carbocycles. The van der Waals surface area contributed by atoms with Crippen molar-refractivity contribution in [2.75, 3.05) is 12.7 Å². The zero-order valence-electron chi connectivity index (χ0n) is 13.7. The van der Waals surface area contributed by atoms with Crippen LogP contribution in [0.5, 0.6) is 11.5 Å². The summed E-state index contributed by atoms with van der Waals surface area (Å²) in [6.07, 6.45) is 0.512. The Morgan fingerprint density at radius 1 is 1.04 bits per heavy atom. The van der Waals surface area contributed by atoms with E-state index >= 15 is 0 Å². The molecule has 0 aliphatic rings. The molecule has 0 aliphatic carbocycles. The summed E-state index contributed by atoms with van der Waals surface area (Å²) in [6, 6.07) is 12.5. The van der Waals surface area contributed by atoms with Gasteiger partial charge >= 0.3 is 110 Å². The molecule has 3 N–H and O–H groups in total. The van der Waals surface area contributed by atoms with E-state index in [1.165, 1.54) is 0 Å². The maximum absolute atomic E-state index is 11.3. The number of benzene rings is 2. The molecule has 11 heteroatoms. The molecule has 0 radical (unpaired) electrons. The van der Waals surface area contributed by atoms with Crippen molar-refractivity contribution in [2.24, 2.45) is 0 Å². The molecule has 0 aromatic heterocycles. The number of carbonyl (C=O) groups is 1. The second kappa shape index (κ2) is 14.7. The van der Waals surface area contributed by atoms with Gasteiger partial charge in [-0.3, -0.25) is 9.36 Å². The Labute approximate surface area is 259 Å². The first-order valence-electron chi connectivity index (χ1n) is 7.76. The number of rotatable bonds is 8. The standard InChI is InChI=1S/C17H18Cl2NO5P.2K.2H/c18-15-7-6-14(10-16(15)19)25-13-5-1-3-12(9-13)4-2-8-20-17(21)11-26(22,23)24;;;;/h1,3,5-7,9-10H,2,4,8,11H2,(H,20,21)(H2,22,23,24);;;;. The van der Waals surface area contributed by atoms with Crippen molar-refractivity contribution in [2.45, 2.75) is 12.8 Å². The average molecular weight is 498 g/mol. The van der Waals surface area contributed by atoms with Crippen LogP contribution in [0.1, 0.15) is 12.0 Å². The van der Waals surface area contributed by atoms with Crippen molar-refractivity contribution in [3.8, 4) is 11.5 Å². The number of aryl methyl sites for hydroxylation is 1. The molecule has 2 aromatic rings. The third-order valence-electron chi connectivity index (χ3n) is 3.34. The van der Waals surface area contributed by atoms with Gasteiger partial charge in [0.2, 0.25) is 5.91 Å². The maximum atomic E-state index is 11.3. The molecule has 0 atom stereocenters. The molecular weight excluding hydrogens is 478 g/mol. The van der Waals surface area contributed by atoms with Gasteiger partial charge in [-0.1, -0.05) is 35.3 Å². The summed E-state index contributed by atoms with van der Waals surface area (Å²) in [7, 11) is -4.32. The van der Waals surface area contributed by atoms with Crippen molar-refractivity contribution in [1.82, 2.24) is 5.32 Å². The number of amides is 1. The van der Waals surface area contributed by atoms with E-state index in [-0.39, 0.29) is 103 Å². The second-order valence-electron chi connectivity index (χ2n) is 5.60. The van der Waals surface area contributed by atoms with Crippen LogP contribution in [0.3, 0.4) is 0 Å². The predicted molar refractivity (Wildman–Crippen MR) is 116 cm³/mol. The Morgan fingerprint density at radius 3 is 2.36 bits per heavy atom. The van der Waals surface area contributed by atoms with E-state index in [9.17, 15) is 9.36 Å². The monoisotopic (exact) mass is 497 g/mol. The predicted octanol–water partition coefficient (Wildman–Crippen LogP) is 2.72. The molecule has 28 heavy (non-hydrogen) atoms. The van der Waals surface area contributed by atoms with Crippen molar-refractivity contribution in [3.05, 3.63) is 58.1 Å². The normalized spacial score (nSPS) is 10.4. The van der Waals surface area contributed by atoms with E-state index < -0.39 is 19.7 Å². The van der Waals surface area contributed by atoms with E-state index in [1.54, 1.807) is 18.2 Å². The van der Waals surface area contributed by atoms with Gasteiger partial charge in [-0.05, 0) is 42.7 Å². The number of halogens is 2. The van der Waals surface area contributed by atoms with Gasteiger partial charge in [0.25, 0.3) is 0 Å². The van der Waals surface area contributed by atoms with Crippen LogP contribution in [0.25, 0.3) is 0 Å². The van der Waals surface area contributed by atoms with Crippen LogP contribution >= 0.6 is 30.8 Å². The quantitative estimate of drug-likeness (QED) is 0.296. The summed E-state index contributed by atoms with van der Waals surface area (Å²) < 4.78 is 16.5. The number of carbonyl (C=O) groups excluding carboxylic acids is 1. The van der Waals surface area contributed by atoms with Gasteiger partial charge < -0.3 is 19.8 Å². The third-order valence-corrected chi connectivity index (χ3v) is 4.78. The summed E-state index contributed by atoms with van der Waals surface area (Å²) in [5.74, 6) is 0.558. The van der Waals surface area contributed by atoms with Crippen molar-refractivity contribution in [3.63, 3.8) is 0 Å². The zero-order chi connectivity index (χ0) is 19.2. The van der Waals surface area contributed by atoms with Gasteiger partial charge in [-0.15, -0.1) is 0 Å². The average Bonchev–Trinajstić information content (AvgIpc) is 2.54. The summed E-state index contributed by atoms with van der Waals surface area (Å²) in [5, 5.41) is 3.35. The Kier molecular flexibility index (Phi) is 15.6.